The Morgan fingerprint density at radius 1 is 1.07 bits per heavy atom. The molecule has 1 heterocycles. The van der Waals surface area contributed by atoms with Gasteiger partial charge in [-0.3, -0.25) is 19.3 Å². The van der Waals surface area contributed by atoms with Gasteiger partial charge in [-0.05, 0) is 32.0 Å². The molecule has 148 valence electrons. The molecule has 1 aliphatic rings. The lowest BCUT2D eigenvalue weighted by molar-refractivity contribution is -0.138. The lowest BCUT2D eigenvalue weighted by Crippen LogP contribution is -2.48. The third kappa shape index (κ3) is 6.33. The zero-order valence-corrected chi connectivity index (χ0v) is 16.1. The van der Waals surface area contributed by atoms with Crippen LogP contribution in [-0.4, -0.2) is 62.0 Å². The van der Waals surface area contributed by atoms with Crippen LogP contribution >= 0.6 is 0 Å². The van der Waals surface area contributed by atoms with E-state index in [0.717, 1.165) is 19.6 Å². The number of ether oxygens (including phenoxy) is 1. The maximum Gasteiger partial charge on any atom is 0.239 e. The van der Waals surface area contributed by atoms with Crippen LogP contribution in [0.3, 0.4) is 0 Å². The van der Waals surface area contributed by atoms with E-state index in [2.05, 4.69) is 20.9 Å². The summed E-state index contributed by atoms with van der Waals surface area (Å²) in [5, 5.41) is 8.23. The molecular weight excluding hydrogens is 348 g/mol. The first-order chi connectivity index (χ1) is 12.8. The molecule has 0 aromatic heterocycles. The fourth-order valence-corrected chi connectivity index (χ4v) is 2.64. The number of rotatable bonds is 7. The fraction of sp³-hybridized carbons (Fsp3) is 0.526. The molecule has 8 nitrogen and oxygen atoms in total. The van der Waals surface area contributed by atoms with Gasteiger partial charge in [0, 0.05) is 44.5 Å². The van der Waals surface area contributed by atoms with Gasteiger partial charge in [-0.15, -0.1) is 0 Å². The second kappa shape index (κ2) is 9.48. The lowest BCUT2D eigenvalue weighted by atomic mass is 9.91. The van der Waals surface area contributed by atoms with Crippen molar-refractivity contribution in [3.05, 3.63) is 24.3 Å². The molecular formula is C19H28N4O4. The topological polar surface area (TPSA) is 99.8 Å². The minimum atomic E-state index is -1.23. The molecule has 0 atom stereocenters. The molecule has 0 radical (unpaired) electrons. The first-order valence-corrected chi connectivity index (χ1v) is 9.06. The van der Waals surface area contributed by atoms with Crippen molar-refractivity contribution in [1.82, 2.24) is 10.2 Å². The monoisotopic (exact) mass is 376 g/mol. The minimum absolute atomic E-state index is 0.196. The average molecular weight is 376 g/mol. The maximum atomic E-state index is 12.6. The number of anilines is 2. The Kier molecular flexibility index (Phi) is 7.32. The van der Waals surface area contributed by atoms with Crippen LogP contribution in [0.15, 0.2) is 24.3 Å². The molecule has 27 heavy (non-hydrogen) atoms. The van der Waals surface area contributed by atoms with Crippen LogP contribution in [0.1, 0.15) is 20.8 Å². The number of morpholine rings is 1. The quantitative estimate of drug-likeness (QED) is 0.618. The smallest absolute Gasteiger partial charge is 0.239 e. The summed E-state index contributed by atoms with van der Waals surface area (Å²) in [7, 11) is 0. The van der Waals surface area contributed by atoms with E-state index in [-0.39, 0.29) is 11.8 Å². The van der Waals surface area contributed by atoms with Crippen LogP contribution in [0.25, 0.3) is 0 Å². The van der Waals surface area contributed by atoms with Gasteiger partial charge in [0.05, 0.1) is 13.2 Å². The van der Waals surface area contributed by atoms with E-state index >= 15 is 0 Å². The van der Waals surface area contributed by atoms with Gasteiger partial charge in [0.25, 0.3) is 0 Å². The van der Waals surface area contributed by atoms with Crippen LogP contribution in [0.5, 0.6) is 0 Å². The molecule has 0 spiro atoms. The molecule has 1 fully saturated rings. The number of nitrogens with zero attached hydrogens (tertiary/aromatic N) is 1. The summed E-state index contributed by atoms with van der Waals surface area (Å²) in [5.41, 5.74) is -0.136. The molecule has 1 aliphatic heterocycles. The highest BCUT2D eigenvalue weighted by molar-refractivity contribution is 6.10. The highest BCUT2D eigenvalue weighted by Crippen LogP contribution is 2.21. The Hall–Kier alpha value is -2.45. The number of amides is 3. The van der Waals surface area contributed by atoms with Crippen LogP contribution in [0.4, 0.5) is 11.4 Å². The first kappa shape index (κ1) is 20.9. The Morgan fingerprint density at radius 2 is 1.70 bits per heavy atom. The fourth-order valence-electron chi connectivity index (χ4n) is 2.64. The molecule has 1 saturated heterocycles. The molecule has 0 bridgehead atoms. The molecule has 0 aliphatic carbocycles. The van der Waals surface area contributed by atoms with Crippen LogP contribution in [0, 0.1) is 5.41 Å². The van der Waals surface area contributed by atoms with Crippen molar-refractivity contribution in [3.63, 3.8) is 0 Å². The van der Waals surface area contributed by atoms with Gasteiger partial charge < -0.3 is 20.7 Å². The van der Waals surface area contributed by atoms with E-state index in [9.17, 15) is 14.4 Å². The number of hydrogen-bond donors (Lipinski definition) is 3. The Morgan fingerprint density at radius 3 is 2.33 bits per heavy atom. The second-order valence-electron chi connectivity index (χ2n) is 7.05. The summed E-state index contributed by atoms with van der Waals surface area (Å²) in [4.78, 5) is 38.4. The van der Waals surface area contributed by atoms with Gasteiger partial charge in [0.15, 0.2) is 0 Å². The molecule has 3 N–H and O–H groups in total. The van der Waals surface area contributed by atoms with Gasteiger partial charge in [-0.25, -0.2) is 0 Å². The van der Waals surface area contributed by atoms with Crippen LogP contribution in [-0.2, 0) is 19.1 Å². The molecule has 8 heteroatoms. The predicted octanol–water partition coefficient (Wildman–Crippen LogP) is 1.06. The van der Waals surface area contributed by atoms with E-state index in [1.807, 2.05) is 0 Å². The van der Waals surface area contributed by atoms with Crippen molar-refractivity contribution < 1.29 is 19.1 Å². The Labute approximate surface area is 159 Å². The Balaban J connectivity index is 1.87. The first-order valence-electron chi connectivity index (χ1n) is 9.06. The summed E-state index contributed by atoms with van der Waals surface area (Å²) in [5.74, 6) is -0.934. The van der Waals surface area contributed by atoms with Crippen molar-refractivity contribution in [1.29, 1.82) is 0 Å². The zero-order valence-electron chi connectivity index (χ0n) is 16.1. The zero-order chi connectivity index (χ0) is 19.9. The second-order valence-corrected chi connectivity index (χ2v) is 7.05. The van der Waals surface area contributed by atoms with E-state index in [4.69, 9.17) is 4.74 Å². The van der Waals surface area contributed by atoms with Gasteiger partial charge >= 0.3 is 0 Å². The maximum absolute atomic E-state index is 12.6. The van der Waals surface area contributed by atoms with Crippen LogP contribution < -0.4 is 16.0 Å². The summed E-state index contributed by atoms with van der Waals surface area (Å²) < 4.78 is 5.29. The van der Waals surface area contributed by atoms with Crippen molar-refractivity contribution >= 4 is 29.1 Å². The number of carbonyl (C=O) groups is 3. The third-order valence-electron chi connectivity index (χ3n) is 4.39. The molecule has 1 aromatic rings. The minimum Gasteiger partial charge on any atom is -0.379 e. The average Bonchev–Trinajstić information content (AvgIpc) is 2.62. The van der Waals surface area contributed by atoms with Gasteiger partial charge in [0.1, 0.15) is 5.41 Å². The standard InChI is InChI=1S/C19H28N4O4/c1-14(24)21-15-5-4-6-16(13-15)22-18(26)19(2,3)17(25)20-7-8-23-9-11-27-12-10-23/h4-6,13H,7-12H2,1-3H3,(H,20,25)(H,21,24)(H,22,26). The summed E-state index contributed by atoms with van der Waals surface area (Å²) >= 11 is 0. The molecule has 2 rings (SSSR count). The number of benzene rings is 1. The largest absolute Gasteiger partial charge is 0.379 e. The normalized spacial score (nSPS) is 15.1. The van der Waals surface area contributed by atoms with E-state index in [0.29, 0.717) is 31.1 Å². The van der Waals surface area contributed by atoms with Crippen molar-refractivity contribution in [2.75, 3.05) is 50.0 Å². The van der Waals surface area contributed by atoms with Gasteiger partial charge in [0.2, 0.25) is 17.7 Å². The number of nitrogens with one attached hydrogen (secondary N) is 3. The molecule has 0 unspecified atom stereocenters. The van der Waals surface area contributed by atoms with E-state index < -0.39 is 11.3 Å². The van der Waals surface area contributed by atoms with Gasteiger partial charge in [-0.1, -0.05) is 6.07 Å². The highest BCUT2D eigenvalue weighted by atomic mass is 16.5. The summed E-state index contributed by atoms with van der Waals surface area (Å²) in [6.45, 7) is 8.91. The van der Waals surface area contributed by atoms with Crippen molar-refractivity contribution in [2.45, 2.75) is 20.8 Å². The van der Waals surface area contributed by atoms with E-state index in [1.165, 1.54) is 6.92 Å². The molecule has 3 amide bonds. The predicted molar refractivity (Wildman–Crippen MR) is 103 cm³/mol. The lowest BCUT2D eigenvalue weighted by Gasteiger charge is -2.27. The SMILES string of the molecule is CC(=O)Nc1cccc(NC(=O)C(C)(C)C(=O)NCCN2CCOCC2)c1. The van der Waals surface area contributed by atoms with Crippen LogP contribution in [0.2, 0.25) is 0 Å². The summed E-state index contributed by atoms with van der Waals surface area (Å²) in [6, 6.07) is 6.79. The number of hydrogen-bond acceptors (Lipinski definition) is 5. The third-order valence-corrected chi connectivity index (χ3v) is 4.39. The molecule has 1 aromatic carbocycles. The summed E-state index contributed by atoms with van der Waals surface area (Å²) in [6.07, 6.45) is 0. The Bertz CT molecular complexity index is 684. The van der Waals surface area contributed by atoms with Crippen molar-refractivity contribution in [2.24, 2.45) is 5.41 Å². The molecule has 0 saturated carbocycles. The van der Waals surface area contributed by atoms with E-state index in [1.54, 1.807) is 38.1 Å². The van der Waals surface area contributed by atoms with Crippen molar-refractivity contribution in [3.8, 4) is 0 Å². The van der Waals surface area contributed by atoms with Gasteiger partial charge in [-0.2, -0.15) is 0 Å². The number of carbonyl (C=O) groups excluding carboxylic acids is 3. The highest BCUT2D eigenvalue weighted by Gasteiger charge is 2.36.